The number of carbonyl (C=O) groups excluding carboxylic acids is 4. The van der Waals surface area contributed by atoms with Gasteiger partial charge in [-0.2, -0.15) is 0 Å². The van der Waals surface area contributed by atoms with E-state index in [1.54, 1.807) is 21.6 Å². The summed E-state index contributed by atoms with van der Waals surface area (Å²) in [6.45, 7) is 0.894. The molecule has 4 fully saturated rings. The first kappa shape index (κ1) is 19.2. The minimum Gasteiger partial charge on any atom is -0.281 e. The van der Waals surface area contributed by atoms with Crippen LogP contribution in [0, 0.1) is 47.3 Å². The lowest BCUT2D eigenvalue weighted by atomic mass is 9.85. The van der Waals surface area contributed by atoms with Gasteiger partial charge in [-0.25, -0.2) is 0 Å². The van der Waals surface area contributed by atoms with Gasteiger partial charge in [0.1, 0.15) is 0 Å². The lowest BCUT2D eigenvalue weighted by Crippen LogP contribution is -2.35. The standard InChI is InChI=1S/C22H24N2O4S2/c25-19-15-11-1-2-12(9-11)16(15)20(26)23(19)5-7-29-30-8-6-24-21(27)17-13-3-4-14(10-13)18(17)22(24)28/h1-4,11-18H,5-10H2. The number of rotatable bonds is 7. The Morgan fingerprint density at radius 2 is 0.900 bits per heavy atom. The second-order valence-electron chi connectivity index (χ2n) is 9.30. The number of imide groups is 2. The maximum Gasteiger partial charge on any atom is 0.233 e. The van der Waals surface area contributed by atoms with Crippen LogP contribution in [0.4, 0.5) is 0 Å². The predicted molar refractivity (Wildman–Crippen MR) is 114 cm³/mol. The maximum atomic E-state index is 12.7. The van der Waals surface area contributed by atoms with Crippen LogP contribution in [0.1, 0.15) is 12.8 Å². The molecule has 4 bridgehead atoms. The summed E-state index contributed by atoms with van der Waals surface area (Å²) < 4.78 is 0. The van der Waals surface area contributed by atoms with Gasteiger partial charge in [-0.05, 0) is 36.5 Å². The molecule has 0 aromatic rings. The first-order valence-corrected chi connectivity index (χ1v) is 13.4. The van der Waals surface area contributed by atoms with E-state index in [0.717, 1.165) is 12.8 Å². The largest absolute Gasteiger partial charge is 0.281 e. The van der Waals surface area contributed by atoms with E-state index >= 15 is 0 Å². The highest BCUT2D eigenvalue weighted by atomic mass is 33.1. The van der Waals surface area contributed by atoms with Gasteiger partial charge in [0.05, 0.1) is 23.7 Å². The van der Waals surface area contributed by atoms with Crippen LogP contribution < -0.4 is 0 Å². The average molecular weight is 445 g/mol. The fraction of sp³-hybridized carbons (Fsp3) is 0.636. The molecular formula is C22H24N2O4S2. The van der Waals surface area contributed by atoms with Gasteiger partial charge in [0.15, 0.2) is 0 Å². The van der Waals surface area contributed by atoms with E-state index in [9.17, 15) is 19.2 Å². The van der Waals surface area contributed by atoms with E-state index in [-0.39, 0.29) is 71.0 Å². The van der Waals surface area contributed by atoms with Crippen LogP contribution in [0.15, 0.2) is 24.3 Å². The molecule has 4 amide bonds. The second kappa shape index (κ2) is 6.99. The normalized spacial score (nSPS) is 42.4. The van der Waals surface area contributed by atoms with Gasteiger partial charge in [0, 0.05) is 24.6 Å². The first-order valence-electron chi connectivity index (χ1n) is 10.9. The predicted octanol–water partition coefficient (Wildman–Crippen LogP) is 1.98. The summed E-state index contributed by atoms with van der Waals surface area (Å²) >= 11 is 0. The zero-order valence-corrected chi connectivity index (χ0v) is 18.1. The molecule has 0 spiro atoms. The molecule has 6 rings (SSSR count). The molecule has 30 heavy (non-hydrogen) atoms. The Kier molecular flexibility index (Phi) is 4.46. The SMILES string of the molecule is O=C1C2C3C=CC(C3)C2C(=O)N1CCSSCCN1C(=O)C2C3C=CC(C3)C2C1=O. The van der Waals surface area contributed by atoms with Crippen molar-refractivity contribution in [1.29, 1.82) is 0 Å². The number of fused-ring (bicyclic) bond motifs is 10. The van der Waals surface area contributed by atoms with Crippen LogP contribution >= 0.6 is 21.6 Å². The van der Waals surface area contributed by atoms with Crippen molar-refractivity contribution in [3.8, 4) is 0 Å². The number of likely N-dealkylation sites (tertiary alicyclic amines) is 2. The van der Waals surface area contributed by atoms with Crippen LogP contribution in [-0.4, -0.2) is 58.0 Å². The van der Waals surface area contributed by atoms with Crippen molar-refractivity contribution in [3.63, 3.8) is 0 Å². The number of hydrogen-bond donors (Lipinski definition) is 0. The molecule has 6 aliphatic rings. The average Bonchev–Trinajstić information content (AvgIpc) is 3.56. The van der Waals surface area contributed by atoms with Gasteiger partial charge < -0.3 is 0 Å². The van der Waals surface area contributed by atoms with E-state index in [1.807, 2.05) is 0 Å². The third kappa shape index (κ3) is 2.58. The molecule has 0 N–H and O–H groups in total. The molecule has 158 valence electrons. The van der Waals surface area contributed by atoms with Gasteiger partial charge in [0.25, 0.3) is 0 Å². The smallest absolute Gasteiger partial charge is 0.233 e. The number of nitrogens with zero attached hydrogens (tertiary/aromatic N) is 2. The minimum absolute atomic E-state index is 0.00971. The topological polar surface area (TPSA) is 74.8 Å². The van der Waals surface area contributed by atoms with Crippen molar-refractivity contribution in [3.05, 3.63) is 24.3 Å². The molecule has 4 aliphatic carbocycles. The molecule has 2 saturated heterocycles. The molecule has 0 aromatic carbocycles. The van der Waals surface area contributed by atoms with Gasteiger partial charge >= 0.3 is 0 Å². The fourth-order valence-electron chi connectivity index (χ4n) is 6.74. The van der Waals surface area contributed by atoms with Crippen molar-refractivity contribution in [1.82, 2.24) is 9.80 Å². The van der Waals surface area contributed by atoms with Crippen molar-refractivity contribution >= 4 is 45.2 Å². The zero-order chi connectivity index (χ0) is 20.6. The third-order valence-corrected chi connectivity index (χ3v) is 10.4. The van der Waals surface area contributed by atoms with Crippen molar-refractivity contribution in [2.24, 2.45) is 47.3 Å². The van der Waals surface area contributed by atoms with E-state index in [1.165, 1.54) is 9.80 Å². The molecule has 6 nitrogen and oxygen atoms in total. The summed E-state index contributed by atoms with van der Waals surface area (Å²) in [5.74, 6) is 1.90. The summed E-state index contributed by atoms with van der Waals surface area (Å²) in [4.78, 5) is 53.6. The Hall–Kier alpha value is -1.54. The number of hydrogen-bond acceptors (Lipinski definition) is 6. The van der Waals surface area contributed by atoms with Gasteiger partial charge in [-0.3, -0.25) is 29.0 Å². The maximum absolute atomic E-state index is 12.7. The molecule has 2 aliphatic heterocycles. The van der Waals surface area contributed by atoms with Crippen molar-refractivity contribution in [2.75, 3.05) is 24.6 Å². The lowest BCUT2D eigenvalue weighted by molar-refractivity contribution is -0.141. The van der Waals surface area contributed by atoms with Crippen LogP contribution in [-0.2, 0) is 19.2 Å². The van der Waals surface area contributed by atoms with Crippen molar-refractivity contribution < 1.29 is 19.2 Å². The molecule has 0 radical (unpaired) electrons. The van der Waals surface area contributed by atoms with Gasteiger partial charge in [-0.15, -0.1) is 0 Å². The van der Waals surface area contributed by atoms with E-state index in [4.69, 9.17) is 0 Å². The van der Waals surface area contributed by atoms with E-state index in [0.29, 0.717) is 24.6 Å². The zero-order valence-electron chi connectivity index (χ0n) is 16.5. The third-order valence-electron chi connectivity index (χ3n) is 8.00. The minimum atomic E-state index is -0.124. The molecule has 8 atom stereocenters. The van der Waals surface area contributed by atoms with Gasteiger partial charge in [0.2, 0.25) is 23.6 Å². The lowest BCUT2D eigenvalue weighted by Gasteiger charge is -2.18. The highest BCUT2D eigenvalue weighted by Crippen LogP contribution is 2.53. The number of carbonyl (C=O) groups is 4. The van der Waals surface area contributed by atoms with E-state index in [2.05, 4.69) is 24.3 Å². The highest BCUT2D eigenvalue weighted by Gasteiger charge is 2.60. The molecule has 8 unspecified atom stereocenters. The Labute approximate surface area is 183 Å². The number of allylic oxidation sites excluding steroid dienone is 4. The second-order valence-corrected chi connectivity index (χ2v) is 12.0. The summed E-state index contributed by atoms with van der Waals surface area (Å²) in [6.07, 6.45) is 10.4. The monoisotopic (exact) mass is 444 g/mol. The fourth-order valence-corrected chi connectivity index (χ4v) is 8.65. The summed E-state index contributed by atoms with van der Waals surface area (Å²) in [5, 5.41) is 0. The number of amides is 4. The molecule has 8 heteroatoms. The van der Waals surface area contributed by atoms with Gasteiger partial charge in [-0.1, -0.05) is 45.9 Å². The molecule has 2 saturated carbocycles. The summed E-state index contributed by atoms with van der Waals surface area (Å²) in [6, 6.07) is 0. The van der Waals surface area contributed by atoms with Crippen LogP contribution in [0.5, 0.6) is 0 Å². The molecule has 0 aromatic heterocycles. The quantitative estimate of drug-likeness (QED) is 0.259. The summed E-state index contributed by atoms with van der Waals surface area (Å²) in [7, 11) is 3.21. The van der Waals surface area contributed by atoms with Crippen LogP contribution in [0.25, 0.3) is 0 Å². The Morgan fingerprint density at radius 3 is 1.20 bits per heavy atom. The Morgan fingerprint density at radius 1 is 0.600 bits per heavy atom. The summed E-state index contributed by atoms with van der Waals surface area (Å²) in [5.41, 5.74) is 0. The van der Waals surface area contributed by atoms with E-state index < -0.39 is 0 Å². The van der Waals surface area contributed by atoms with Crippen LogP contribution in [0.3, 0.4) is 0 Å². The molecular weight excluding hydrogens is 420 g/mol. The van der Waals surface area contributed by atoms with Crippen molar-refractivity contribution in [2.45, 2.75) is 12.8 Å². The Bertz CT molecular complexity index is 770. The Balaban J connectivity index is 0.954. The molecule has 2 heterocycles. The highest BCUT2D eigenvalue weighted by molar-refractivity contribution is 8.76. The van der Waals surface area contributed by atoms with Crippen LogP contribution in [0.2, 0.25) is 0 Å². The first-order chi connectivity index (χ1) is 14.6.